The maximum absolute atomic E-state index is 11.3. The fourth-order valence-corrected chi connectivity index (χ4v) is 1.85. The van der Waals surface area contributed by atoms with Gasteiger partial charge in [-0.25, -0.2) is 0 Å². The van der Waals surface area contributed by atoms with Gasteiger partial charge in [-0.05, 0) is 17.7 Å². The van der Waals surface area contributed by atoms with Crippen molar-refractivity contribution in [2.75, 3.05) is 11.4 Å². The molecule has 1 aromatic rings. The van der Waals surface area contributed by atoms with Crippen LogP contribution in [0.4, 0.5) is 5.69 Å². The normalized spacial score (nSPS) is 18.5. The lowest BCUT2D eigenvalue weighted by atomic mass is 10.1. The second-order valence-electron chi connectivity index (χ2n) is 3.62. The fourth-order valence-electron chi connectivity index (χ4n) is 1.85. The second-order valence-corrected chi connectivity index (χ2v) is 3.62. The van der Waals surface area contributed by atoms with E-state index in [4.69, 9.17) is 11.0 Å². The number of carbonyl (C=O) groups excluding carboxylic acids is 1. The van der Waals surface area contributed by atoms with Gasteiger partial charge in [0, 0.05) is 25.2 Å². The van der Waals surface area contributed by atoms with E-state index < -0.39 is 0 Å². The van der Waals surface area contributed by atoms with Crippen LogP contribution in [-0.4, -0.2) is 12.5 Å². The molecule has 1 heterocycles. The van der Waals surface area contributed by atoms with Crippen LogP contribution in [0.25, 0.3) is 0 Å². The first kappa shape index (κ1) is 9.69. The van der Waals surface area contributed by atoms with Crippen molar-refractivity contribution in [1.29, 1.82) is 5.26 Å². The largest absolute Gasteiger partial charge is 0.322 e. The molecule has 1 atom stereocenters. The van der Waals surface area contributed by atoms with Crippen molar-refractivity contribution in [1.82, 2.24) is 0 Å². The van der Waals surface area contributed by atoms with Gasteiger partial charge in [-0.2, -0.15) is 5.26 Å². The van der Waals surface area contributed by atoms with E-state index in [1.54, 1.807) is 17.0 Å². The maximum Gasteiger partial charge on any atom is 0.223 e. The minimum atomic E-state index is -0.142. The van der Waals surface area contributed by atoms with Crippen LogP contribution >= 0.6 is 0 Å². The van der Waals surface area contributed by atoms with Crippen LogP contribution in [0.3, 0.4) is 0 Å². The highest BCUT2D eigenvalue weighted by molar-refractivity contribution is 5.94. The number of hydrogen-bond acceptors (Lipinski definition) is 3. The predicted octanol–water partition coefficient (Wildman–Crippen LogP) is 0.925. The Labute approximate surface area is 87.9 Å². The number of nitrogens with zero attached hydrogens (tertiary/aromatic N) is 2. The summed E-state index contributed by atoms with van der Waals surface area (Å²) in [6.07, 6.45) is 0. The summed E-state index contributed by atoms with van der Waals surface area (Å²) in [6.45, 7) is 2.00. The third kappa shape index (κ3) is 1.47. The van der Waals surface area contributed by atoms with E-state index in [-0.39, 0.29) is 11.9 Å². The number of benzene rings is 1. The Morgan fingerprint density at radius 2 is 2.40 bits per heavy atom. The second kappa shape index (κ2) is 3.37. The molecule has 1 aromatic carbocycles. The van der Waals surface area contributed by atoms with Gasteiger partial charge < -0.3 is 10.6 Å². The molecule has 0 aliphatic carbocycles. The molecule has 0 bridgehead atoms. The average Bonchev–Trinajstić information content (AvgIpc) is 2.56. The zero-order valence-electron chi connectivity index (χ0n) is 8.40. The molecule has 1 aliphatic heterocycles. The van der Waals surface area contributed by atoms with E-state index in [0.29, 0.717) is 12.1 Å². The van der Waals surface area contributed by atoms with Crippen molar-refractivity contribution in [3.05, 3.63) is 29.3 Å². The van der Waals surface area contributed by atoms with Crippen molar-refractivity contribution in [3.63, 3.8) is 0 Å². The monoisotopic (exact) mass is 201 g/mol. The fraction of sp³-hybridized carbons (Fsp3) is 0.273. The van der Waals surface area contributed by atoms with Gasteiger partial charge in [0.25, 0.3) is 0 Å². The Morgan fingerprint density at radius 1 is 1.67 bits per heavy atom. The summed E-state index contributed by atoms with van der Waals surface area (Å²) in [4.78, 5) is 13.0. The highest BCUT2D eigenvalue weighted by Gasteiger charge is 2.28. The quantitative estimate of drug-likeness (QED) is 0.678. The lowest BCUT2D eigenvalue weighted by molar-refractivity contribution is -0.116. The van der Waals surface area contributed by atoms with Gasteiger partial charge in [-0.3, -0.25) is 4.79 Å². The number of nitrogens with two attached hydrogens (primary N) is 1. The summed E-state index contributed by atoms with van der Waals surface area (Å²) in [7, 11) is 0. The van der Waals surface area contributed by atoms with Crippen LogP contribution in [0, 0.1) is 11.3 Å². The molecular weight excluding hydrogens is 190 g/mol. The number of amides is 1. The van der Waals surface area contributed by atoms with E-state index in [2.05, 4.69) is 6.07 Å². The number of fused-ring (bicyclic) bond motifs is 1. The molecule has 0 saturated heterocycles. The van der Waals surface area contributed by atoms with Gasteiger partial charge >= 0.3 is 0 Å². The van der Waals surface area contributed by atoms with Gasteiger partial charge in [0.15, 0.2) is 0 Å². The van der Waals surface area contributed by atoms with Gasteiger partial charge in [-0.15, -0.1) is 0 Å². The first-order valence-electron chi connectivity index (χ1n) is 4.71. The van der Waals surface area contributed by atoms with Crippen LogP contribution in [-0.2, 0) is 4.79 Å². The van der Waals surface area contributed by atoms with Gasteiger partial charge in [-0.1, -0.05) is 6.07 Å². The van der Waals surface area contributed by atoms with Crippen molar-refractivity contribution in [2.45, 2.75) is 13.0 Å². The number of hydrogen-bond donors (Lipinski definition) is 1. The van der Waals surface area contributed by atoms with E-state index in [0.717, 1.165) is 11.3 Å². The topological polar surface area (TPSA) is 70.1 Å². The molecule has 0 unspecified atom stereocenters. The molecule has 0 radical (unpaired) electrons. The summed E-state index contributed by atoms with van der Waals surface area (Å²) < 4.78 is 0. The average molecular weight is 201 g/mol. The van der Waals surface area contributed by atoms with Crippen LogP contribution in [0.15, 0.2) is 18.2 Å². The Balaban J connectivity index is 2.53. The Morgan fingerprint density at radius 3 is 3.00 bits per heavy atom. The number of carbonyl (C=O) groups is 1. The van der Waals surface area contributed by atoms with Crippen molar-refractivity contribution in [2.24, 2.45) is 5.73 Å². The first-order valence-corrected chi connectivity index (χ1v) is 4.71. The molecule has 15 heavy (non-hydrogen) atoms. The molecule has 4 heteroatoms. The van der Waals surface area contributed by atoms with E-state index in [1.807, 2.05) is 6.07 Å². The molecule has 2 N–H and O–H groups in total. The van der Waals surface area contributed by atoms with Crippen LogP contribution in [0.5, 0.6) is 0 Å². The number of anilines is 1. The van der Waals surface area contributed by atoms with E-state index >= 15 is 0 Å². The van der Waals surface area contributed by atoms with Crippen molar-refractivity contribution < 1.29 is 4.79 Å². The first-order chi connectivity index (χ1) is 7.13. The zero-order chi connectivity index (χ0) is 11.0. The molecule has 0 aromatic heterocycles. The van der Waals surface area contributed by atoms with E-state index in [1.165, 1.54) is 6.92 Å². The minimum Gasteiger partial charge on any atom is -0.322 e. The minimum absolute atomic E-state index is 0.0423. The Bertz CT molecular complexity index is 461. The third-order valence-corrected chi connectivity index (χ3v) is 2.61. The highest BCUT2D eigenvalue weighted by Crippen LogP contribution is 2.33. The van der Waals surface area contributed by atoms with E-state index in [9.17, 15) is 4.79 Å². The molecule has 0 fully saturated rings. The molecular formula is C11H11N3O. The summed E-state index contributed by atoms with van der Waals surface area (Å²) in [5.41, 5.74) is 8.15. The zero-order valence-corrected chi connectivity index (χ0v) is 8.40. The predicted molar refractivity (Wildman–Crippen MR) is 56.1 cm³/mol. The summed E-state index contributed by atoms with van der Waals surface area (Å²) in [6, 6.07) is 7.17. The number of nitriles is 1. The van der Waals surface area contributed by atoms with Crippen LogP contribution in [0.2, 0.25) is 0 Å². The molecule has 76 valence electrons. The summed E-state index contributed by atoms with van der Waals surface area (Å²) in [5, 5.41) is 8.77. The summed E-state index contributed by atoms with van der Waals surface area (Å²) in [5.74, 6) is -0.0423. The summed E-state index contributed by atoms with van der Waals surface area (Å²) >= 11 is 0. The number of rotatable bonds is 0. The third-order valence-electron chi connectivity index (χ3n) is 2.61. The maximum atomic E-state index is 11.3. The molecule has 1 amide bonds. The standard InChI is InChI=1S/C11H11N3O/c1-7(15)14-6-10(13)9-3-2-8(5-12)4-11(9)14/h2-4,10H,6,13H2,1H3/t10-/m0/s1. The molecule has 0 spiro atoms. The Hall–Kier alpha value is -1.86. The van der Waals surface area contributed by atoms with Crippen molar-refractivity contribution in [3.8, 4) is 6.07 Å². The van der Waals surface area contributed by atoms with Crippen molar-refractivity contribution >= 4 is 11.6 Å². The SMILES string of the molecule is CC(=O)N1C[C@H](N)c2ccc(C#N)cc21. The molecule has 4 nitrogen and oxygen atoms in total. The lowest BCUT2D eigenvalue weighted by Gasteiger charge is -2.14. The van der Waals surface area contributed by atoms with Crippen LogP contribution < -0.4 is 10.6 Å². The Kier molecular flexibility index (Phi) is 2.18. The molecule has 2 rings (SSSR count). The highest BCUT2D eigenvalue weighted by atomic mass is 16.2. The van der Waals surface area contributed by atoms with Gasteiger partial charge in [0.2, 0.25) is 5.91 Å². The van der Waals surface area contributed by atoms with Gasteiger partial charge in [0.05, 0.1) is 11.6 Å². The smallest absolute Gasteiger partial charge is 0.223 e. The molecule has 1 aliphatic rings. The molecule has 0 saturated carbocycles. The van der Waals surface area contributed by atoms with Gasteiger partial charge in [0.1, 0.15) is 0 Å². The lowest BCUT2D eigenvalue weighted by Crippen LogP contribution is -2.28. The van der Waals surface area contributed by atoms with Crippen LogP contribution in [0.1, 0.15) is 24.1 Å².